The van der Waals surface area contributed by atoms with Crippen molar-refractivity contribution in [1.82, 2.24) is 0 Å². The van der Waals surface area contributed by atoms with Gasteiger partial charge in [-0.25, -0.2) is 8.42 Å². The van der Waals surface area contributed by atoms with Crippen molar-refractivity contribution in [2.45, 2.75) is 35.0 Å². The van der Waals surface area contributed by atoms with Crippen molar-refractivity contribution in [2.24, 2.45) is 0 Å². The quantitative estimate of drug-likeness (QED) is 0.916. The second-order valence-corrected chi connectivity index (χ2v) is 7.81. The maximum absolute atomic E-state index is 13.0. The van der Waals surface area contributed by atoms with Gasteiger partial charge in [-0.3, -0.25) is 0 Å². The van der Waals surface area contributed by atoms with Gasteiger partial charge in [-0.2, -0.15) is 0 Å². The molecular weight excluding hydrogens is 304 g/mol. The van der Waals surface area contributed by atoms with Crippen molar-refractivity contribution < 1.29 is 22.7 Å². The summed E-state index contributed by atoms with van der Waals surface area (Å²) >= 11 is 0. The molecule has 1 saturated carbocycles. The van der Waals surface area contributed by atoms with Crippen molar-refractivity contribution >= 4 is 9.84 Å². The molecule has 0 aliphatic heterocycles. The second-order valence-electron chi connectivity index (χ2n) is 5.52. The van der Waals surface area contributed by atoms with Crippen molar-refractivity contribution in [3.8, 4) is 5.75 Å². The number of ether oxygens (including phenoxy) is 1. The molecule has 1 fully saturated rings. The SMILES string of the molecule is COc1ccc(S(=O)(=O)C2(C(O)c3ccco3)CCC2)cc1. The van der Waals surface area contributed by atoms with Crippen LogP contribution in [0.15, 0.2) is 52.0 Å². The predicted octanol–water partition coefficient (Wildman–Crippen LogP) is 2.72. The Balaban J connectivity index is 2.01. The maximum atomic E-state index is 13.0. The van der Waals surface area contributed by atoms with Gasteiger partial charge in [-0.05, 0) is 49.2 Å². The standard InChI is InChI=1S/C16H18O5S/c1-20-12-5-7-13(8-6-12)22(18,19)16(9-3-10-16)15(17)14-4-2-11-21-14/h2,4-8,11,15,17H,3,9-10H2,1H3. The molecule has 118 valence electrons. The van der Waals surface area contributed by atoms with E-state index in [-0.39, 0.29) is 10.7 Å². The van der Waals surface area contributed by atoms with E-state index in [1.165, 1.54) is 25.5 Å². The molecule has 6 heteroatoms. The van der Waals surface area contributed by atoms with Crippen LogP contribution in [0, 0.1) is 0 Å². The molecule has 0 amide bonds. The Kier molecular flexibility index (Phi) is 3.74. The Hall–Kier alpha value is -1.79. The summed E-state index contributed by atoms with van der Waals surface area (Å²) in [5.74, 6) is 0.880. The average molecular weight is 322 g/mol. The van der Waals surface area contributed by atoms with Crippen LogP contribution < -0.4 is 4.74 Å². The van der Waals surface area contributed by atoms with Crippen LogP contribution in [0.1, 0.15) is 31.1 Å². The van der Waals surface area contributed by atoms with Crippen LogP contribution in [0.25, 0.3) is 0 Å². The normalized spacial score (nSPS) is 18.5. The zero-order valence-electron chi connectivity index (χ0n) is 12.2. The van der Waals surface area contributed by atoms with E-state index in [0.29, 0.717) is 18.6 Å². The molecule has 0 radical (unpaired) electrons. The number of aliphatic hydroxyl groups excluding tert-OH is 1. The predicted molar refractivity (Wildman–Crippen MR) is 80.4 cm³/mol. The number of aliphatic hydroxyl groups is 1. The maximum Gasteiger partial charge on any atom is 0.187 e. The number of benzene rings is 1. The van der Waals surface area contributed by atoms with Crippen molar-refractivity contribution in [3.63, 3.8) is 0 Å². The highest BCUT2D eigenvalue weighted by atomic mass is 32.2. The molecule has 2 aromatic rings. The largest absolute Gasteiger partial charge is 0.497 e. The monoisotopic (exact) mass is 322 g/mol. The van der Waals surface area contributed by atoms with E-state index in [0.717, 1.165) is 6.42 Å². The lowest BCUT2D eigenvalue weighted by molar-refractivity contribution is 0.0622. The first kappa shape index (κ1) is 15.1. The summed E-state index contributed by atoms with van der Waals surface area (Å²) in [5, 5.41) is 10.6. The fourth-order valence-electron chi connectivity index (χ4n) is 2.91. The van der Waals surface area contributed by atoms with Crippen molar-refractivity contribution in [2.75, 3.05) is 7.11 Å². The smallest absolute Gasteiger partial charge is 0.187 e. The second kappa shape index (κ2) is 5.44. The third-order valence-electron chi connectivity index (χ3n) is 4.42. The molecular formula is C16H18O5S. The highest BCUT2D eigenvalue weighted by Crippen LogP contribution is 2.50. The molecule has 1 unspecified atom stereocenters. The molecule has 1 N–H and O–H groups in total. The molecule has 0 spiro atoms. The van der Waals surface area contributed by atoms with Gasteiger partial charge in [-0.15, -0.1) is 0 Å². The minimum atomic E-state index is -3.68. The zero-order valence-corrected chi connectivity index (χ0v) is 13.0. The average Bonchev–Trinajstić information content (AvgIpc) is 3.00. The summed E-state index contributed by atoms with van der Waals surface area (Å²) in [6.07, 6.45) is 1.88. The highest BCUT2D eigenvalue weighted by molar-refractivity contribution is 7.93. The third-order valence-corrected chi connectivity index (χ3v) is 7.01. The van der Waals surface area contributed by atoms with Crippen LogP contribution in [-0.2, 0) is 9.84 Å². The number of rotatable bonds is 5. The number of hydrogen-bond donors (Lipinski definition) is 1. The van der Waals surface area contributed by atoms with Gasteiger partial charge in [0.1, 0.15) is 22.4 Å². The molecule has 1 heterocycles. The molecule has 3 rings (SSSR count). The number of methoxy groups -OCH3 is 1. The summed E-state index contributed by atoms with van der Waals surface area (Å²) in [6.45, 7) is 0. The van der Waals surface area contributed by atoms with E-state index in [2.05, 4.69) is 0 Å². The topological polar surface area (TPSA) is 76.7 Å². The highest BCUT2D eigenvalue weighted by Gasteiger charge is 2.56. The van der Waals surface area contributed by atoms with Gasteiger partial charge in [0, 0.05) is 0 Å². The summed E-state index contributed by atoms with van der Waals surface area (Å²) < 4.78 is 35.1. The summed E-state index contributed by atoms with van der Waals surface area (Å²) in [5.41, 5.74) is 0. The van der Waals surface area contributed by atoms with Crippen molar-refractivity contribution in [1.29, 1.82) is 0 Å². The van der Waals surface area contributed by atoms with Crippen LogP contribution >= 0.6 is 0 Å². The fourth-order valence-corrected chi connectivity index (χ4v) is 5.11. The van der Waals surface area contributed by atoms with Gasteiger partial charge in [0.15, 0.2) is 9.84 Å². The lowest BCUT2D eigenvalue weighted by Crippen LogP contribution is -2.50. The Bertz CT molecular complexity index is 727. The van der Waals surface area contributed by atoms with Gasteiger partial charge < -0.3 is 14.3 Å². The summed E-state index contributed by atoms with van der Waals surface area (Å²) in [7, 11) is -2.15. The van der Waals surface area contributed by atoms with E-state index in [1.807, 2.05) is 0 Å². The van der Waals surface area contributed by atoms with Crippen LogP contribution in [0.4, 0.5) is 0 Å². The first-order chi connectivity index (χ1) is 10.5. The van der Waals surface area contributed by atoms with Gasteiger partial charge >= 0.3 is 0 Å². The molecule has 5 nitrogen and oxygen atoms in total. The summed E-state index contributed by atoms with van der Waals surface area (Å²) in [4.78, 5) is 0.193. The van der Waals surface area contributed by atoms with Crippen LogP contribution in [0.3, 0.4) is 0 Å². The van der Waals surface area contributed by atoms with Gasteiger partial charge in [0.25, 0.3) is 0 Å². The van der Waals surface area contributed by atoms with E-state index in [9.17, 15) is 13.5 Å². The molecule has 1 aromatic heterocycles. The van der Waals surface area contributed by atoms with E-state index < -0.39 is 20.7 Å². The van der Waals surface area contributed by atoms with Crippen LogP contribution in [0.5, 0.6) is 5.75 Å². The minimum Gasteiger partial charge on any atom is -0.497 e. The van der Waals surface area contributed by atoms with Crippen molar-refractivity contribution in [3.05, 3.63) is 48.4 Å². The Morgan fingerprint density at radius 1 is 1.23 bits per heavy atom. The van der Waals surface area contributed by atoms with E-state index >= 15 is 0 Å². The Morgan fingerprint density at radius 2 is 1.91 bits per heavy atom. The molecule has 1 aliphatic carbocycles. The lowest BCUT2D eigenvalue weighted by Gasteiger charge is -2.43. The number of furan rings is 1. The lowest BCUT2D eigenvalue weighted by atomic mass is 9.79. The summed E-state index contributed by atoms with van der Waals surface area (Å²) in [6, 6.07) is 9.50. The first-order valence-corrected chi connectivity index (χ1v) is 8.60. The third kappa shape index (κ3) is 2.14. The fraction of sp³-hybridized carbons (Fsp3) is 0.375. The number of hydrogen-bond acceptors (Lipinski definition) is 5. The van der Waals surface area contributed by atoms with Crippen LogP contribution in [-0.4, -0.2) is 25.4 Å². The first-order valence-electron chi connectivity index (χ1n) is 7.11. The minimum absolute atomic E-state index is 0.193. The van der Waals surface area contributed by atoms with E-state index in [1.54, 1.807) is 24.3 Å². The van der Waals surface area contributed by atoms with Gasteiger partial charge in [0.2, 0.25) is 0 Å². The molecule has 22 heavy (non-hydrogen) atoms. The Morgan fingerprint density at radius 3 is 2.36 bits per heavy atom. The molecule has 0 saturated heterocycles. The van der Waals surface area contributed by atoms with Gasteiger partial charge in [0.05, 0.1) is 18.3 Å². The molecule has 1 aromatic carbocycles. The zero-order chi connectivity index (χ0) is 15.8. The molecule has 0 bridgehead atoms. The Labute approximate surface area is 129 Å². The molecule has 1 aliphatic rings. The van der Waals surface area contributed by atoms with E-state index in [4.69, 9.17) is 9.15 Å². The molecule has 1 atom stereocenters. The van der Waals surface area contributed by atoms with Crippen LogP contribution in [0.2, 0.25) is 0 Å². The number of sulfone groups is 1. The van der Waals surface area contributed by atoms with Gasteiger partial charge in [-0.1, -0.05) is 6.42 Å².